The fourth-order valence-electron chi connectivity index (χ4n) is 2.73. The van der Waals surface area contributed by atoms with E-state index >= 15 is 0 Å². The van der Waals surface area contributed by atoms with Gasteiger partial charge in [-0.3, -0.25) is 14.4 Å². The number of aliphatic carboxylic acids is 1. The maximum absolute atomic E-state index is 12.1. The lowest BCUT2D eigenvalue weighted by Crippen LogP contribution is -2.40. The molecular weight excluding hydrogens is 310 g/mol. The molecule has 130 valence electrons. The van der Waals surface area contributed by atoms with Crippen LogP contribution in [0.3, 0.4) is 0 Å². The number of nitrogens with zero attached hydrogens (tertiary/aromatic N) is 1. The van der Waals surface area contributed by atoms with Gasteiger partial charge in [0.05, 0.1) is 12.5 Å². The van der Waals surface area contributed by atoms with Crippen LogP contribution in [0.5, 0.6) is 5.75 Å². The summed E-state index contributed by atoms with van der Waals surface area (Å²) < 4.78 is 5.57. The minimum absolute atomic E-state index is 0.0128. The molecule has 1 heterocycles. The van der Waals surface area contributed by atoms with Gasteiger partial charge < -0.3 is 14.7 Å². The highest BCUT2D eigenvalue weighted by atomic mass is 16.5. The van der Waals surface area contributed by atoms with Crippen molar-refractivity contribution in [3.63, 3.8) is 0 Å². The highest BCUT2D eigenvalue weighted by Crippen LogP contribution is 2.18. The van der Waals surface area contributed by atoms with Crippen LogP contribution < -0.4 is 4.74 Å². The van der Waals surface area contributed by atoms with Gasteiger partial charge in [-0.25, -0.2) is 0 Å². The first-order valence-corrected chi connectivity index (χ1v) is 8.21. The van der Waals surface area contributed by atoms with E-state index in [4.69, 9.17) is 9.84 Å². The van der Waals surface area contributed by atoms with E-state index in [-0.39, 0.29) is 17.6 Å². The number of hydrogen-bond acceptors (Lipinski definition) is 4. The number of likely N-dealkylation sites (tertiary alicyclic amines) is 1. The molecule has 1 aliphatic rings. The molecule has 0 unspecified atom stereocenters. The number of ketones is 1. The Balaban J connectivity index is 1.66. The molecular formula is C18H23NO5. The van der Waals surface area contributed by atoms with Gasteiger partial charge in [0.1, 0.15) is 5.75 Å². The minimum atomic E-state index is -0.772. The molecule has 0 aromatic heterocycles. The molecule has 0 bridgehead atoms. The number of carboxylic acid groups (broad SMARTS) is 1. The summed E-state index contributed by atoms with van der Waals surface area (Å²) >= 11 is 0. The summed E-state index contributed by atoms with van der Waals surface area (Å²) in [4.78, 5) is 35.9. The van der Waals surface area contributed by atoms with Crippen molar-refractivity contribution < 1.29 is 24.2 Å². The summed E-state index contributed by atoms with van der Waals surface area (Å²) in [6.45, 7) is 2.98. The van der Waals surface area contributed by atoms with Crippen molar-refractivity contribution in [2.75, 3.05) is 19.7 Å². The van der Waals surface area contributed by atoms with Gasteiger partial charge in [0.15, 0.2) is 5.78 Å². The van der Waals surface area contributed by atoms with Crippen LogP contribution in [0, 0.1) is 5.92 Å². The Morgan fingerprint density at radius 1 is 1.17 bits per heavy atom. The van der Waals surface area contributed by atoms with Crippen molar-refractivity contribution >= 4 is 17.7 Å². The van der Waals surface area contributed by atoms with Gasteiger partial charge in [-0.15, -0.1) is 0 Å². The van der Waals surface area contributed by atoms with E-state index in [1.165, 1.54) is 6.92 Å². The average Bonchev–Trinajstić information content (AvgIpc) is 2.59. The lowest BCUT2D eigenvalue weighted by molar-refractivity contribution is -0.145. The van der Waals surface area contributed by atoms with Gasteiger partial charge >= 0.3 is 5.97 Å². The largest absolute Gasteiger partial charge is 0.494 e. The molecule has 6 nitrogen and oxygen atoms in total. The second-order valence-electron chi connectivity index (χ2n) is 6.03. The molecule has 0 saturated carbocycles. The predicted octanol–water partition coefficient (Wildman–Crippen LogP) is 2.37. The van der Waals surface area contributed by atoms with Gasteiger partial charge in [0.25, 0.3) is 0 Å². The zero-order valence-electron chi connectivity index (χ0n) is 13.9. The first-order chi connectivity index (χ1) is 11.5. The van der Waals surface area contributed by atoms with Crippen molar-refractivity contribution in [3.05, 3.63) is 29.8 Å². The standard InChI is InChI=1S/C18H23NO5/c1-13(20)14-4-6-16(7-5-14)24-12-2-3-17(21)19-10-8-15(9-11-19)18(22)23/h4-7,15H,2-3,8-12H2,1H3,(H,22,23). The molecule has 0 spiro atoms. The topological polar surface area (TPSA) is 83.9 Å². The Bertz CT molecular complexity index is 588. The average molecular weight is 333 g/mol. The third kappa shape index (κ3) is 5.08. The Morgan fingerprint density at radius 3 is 2.33 bits per heavy atom. The summed E-state index contributed by atoms with van der Waals surface area (Å²) in [6.07, 6.45) is 2.05. The van der Waals surface area contributed by atoms with E-state index in [9.17, 15) is 14.4 Å². The molecule has 1 aromatic carbocycles. The van der Waals surface area contributed by atoms with Crippen LogP contribution in [0.2, 0.25) is 0 Å². The van der Waals surface area contributed by atoms with Gasteiger partial charge in [-0.05, 0) is 50.5 Å². The predicted molar refractivity (Wildman–Crippen MR) is 88.1 cm³/mol. The van der Waals surface area contributed by atoms with Crippen molar-refractivity contribution in [2.45, 2.75) is 32.6 Å². The molecule has 1 N–H and O–H groups in total. The number of carbonyl (C=O) groups is 3. The summed E-state index contributed by atoms with van der Waals surface area (Å²) in [5, 5.41) is 8.95. The molecule has 0 radical (unpaired) electrons. The van der Waals surface area contributed by atoms with Gasteiger partial charge in [-0.1, -0.05) is 0 Å². The zero-order chi connectivity index (χ0) is 17.5. The molecule has 1 aromatic rings. The van der Waals surface area contributed by atoms with E-state index in [2.05, 4.69) is 0 Å². The lowest BCUT2D eigenvalue weighted by atomic mass is 9.97. The number of rotatable bonds is 7. The van der Waals surface area contributed by atoms with E-state index in [1.54, 1.807) is 29.2 Å². The second kappa shape index (κ2) is 8.47. The van der Waals surface area contributed by atoms with E-state index in [1.807, 2.05) is 0 Å². The second-order valence-corrected chi connectivity index (χ2v) is 6.03. The molecule has 1 aliphatic heterocycles. The third-order valence-electron chi connectivity index (χ3n) is 4.26. The smallest absolute Gasteiger partial charge is 0.306 e. The van der Waals surface area contributed by atoms with Crippen LogP contribution in [0.1, 0.15) is 43.0 Å². The van der Waals surface area contributed by atoms with Gasteiger partial charge in [-0.2, -0.15) is 0 Å². The Hall–Kier alpha value is -2.37. The van der Waals surface area contributed by atoms with Gasteiger partial charge in [0, 0.05) is 25.1 Å². The number of ether oxygens (including phenoxy) is 1. The fourth-order valence-corrected chi connectivity index (χ4v) is 2.73. The third-order valence-corrected chi connectivity index (χ3v) is 4.26. The zero-order valence-corrected chi connectivity index (χ0v) is 13.9. The highest BCUT2D eigenvalue weighted by molar-refractivity contribution is 5.94. The van der Waals surface area contributed by atoms with Crippen molar-refractivity contribution in [1.29, 1.82) is 0 Å². The SMILES string of the molecule is CC(=O)c1ccc(OCCCC(=O)N2CCC(C(=O)O)CC2)cc1. The summed E-state index contributed by atoms with van der Waals surface area (Å²) in [5.41, 5.74) is 0.641. The number of piperidine rings is 1. The lowest BCUT2D eigenvalue weighted by Gasteiger charge is -2.30. The summed E-state index contributed by atoms with van der Waals surface area (Å²) in [7, 11) is 0. The van der Waals surface area contributed by atoms with Crippen LogP contribution in [-0.2, 0) is 9.59 Å². The molecule has 0 atom stereocenters. The van der Waals surface area contributed by atoms with Crippen LogP contribution >= 0.6 is 0 Å². The monoisotopic (exact) mass is 333 g/mol. The van der Waals surface area contributed by atoms with Crippen LogP contribution in [0.15, 0.2) is 24.3 Å². The molecule has 1 amide bonds. The van der Waals surface area contributed by atoms with E-state index in [0.717, 1.165) is 0 Å². The highest BCUT2D eigenvalue weighted by Gasteiger charge is 2.26. The first kappa shape index (κ1) is 18.0. The van der Waals surface area contributed by atoms with E-state index in [0.29, 0.717) is 56.7 Å². The number of hydrogen-bond donors (Lipinski definition) is 1. The van der Waals surface area contributed by atoms with Crippen molar-refractivity contribution in [3.8, 4) is 5.75 Å². The first-order valence-electron chi connectivity index (χ1n) is 8.21. The number of amides is 1. The maximum Gasteiger partial charge on any atom is 0.306 e. The Kier molecular flexibility index (Phi) is 6.35. The molecule has 0 aliphatic carbocycles. The number of carboxylic acids is 1. The van der Waals surface area contributed by atoms with Crippen LogP contribution in [-0.4, -0.2) is 47.4 Å². The number of Topliss-reactive ketones (excluding diaryl/α,β-unsaturated/α-hetero) is 1. The molecule has 24 heavy (non-hydrogen) atoms. The van der Waals surface area contributed by atoms with Crippen LogP contribution in [0.4, 0.5) is 0 Å². The molecule has 1 fully saturated rings. The summed E-state index contributed by atoms with van der Waals surface area (Å²) in [5.74, 6) is -0.357. The molecule has 6 heteroatoms. The van der Waals surface area contributed by atoms with Crippen molar-refractivity contribution in [1.82, 2.24) is 4.90 Å². The van der Waals surface area contributed by atoms with Crippen molar-refractivity contribution in [2.24, 2.45) is 5.92 Å². The number of carbonyl (C=O) groups excluding carboxylic acids is 2. The van der Waals surface area contributed by atoms with Gasteiger partial charge in [0.2, 0.25) is 5.91 Å². The summed E-state index contributed by atoms with van der Waals surface area (Å²) in [6, 6.07) is 6.93. The van der Waals surface area contributed by atoms with E-state index < -0.39 is 5.97 Å². The molecule has 1 saturated heterocycles. The maximum atomic E-state index is 12.1. The minimum Gasteiger partial charge on any atom is -0.494 e. The molecule has 2 rings (SSSR count). The quantitative estimate of drug-likeness (QED) is 0.612. The normalized spacial score (nSPS) is 15.1. The Morgan fingerprint density at radius 2 is 1.79 bits per heavy atom. The van der Waals surface area contributed by atoms with Crippen LogP contribution in [0.25, 0.3) is 0 Å². The Labute approximate surface area is 141 Å². The number of benzene rings is 1. The fraction of sp³-hybridized carbons (Fsp3) is 0.500.